The van der Waals surface area contributed by atoms with E-state index < -0.39 is 20.5 Å². The van der Waals surface area contributed by atoms with E-state index in [9.17, 15) is 13.2 Å². The van der Waals surface area contributed by atoms with Gasteiger partial charge in [0.15, 0.2) is 14.6 Å². The Balaban J connectivity index is 1.99. The Morgan fingerprint density at radius 2 is 2.00 bits per heavy atom. The predicted molar refractivity (Wildman–Crippen MR) is 94.2 cm³/mol. The Morgan fingerprint density at radius 1 is 1.38 bits per heavy atom. The maximum atomic E-state index is 12.6. The van der Waals surface area contributed by atoms with E-state index in [0.717, 1.165) is 6.26 Å². The number of carbonyl (C=O) groups excluding carboxylic acids is 1. The lowest BCUT2D eigenvalue weighted by molar-refractivity contribution is -0.124. The molecule has 1 heterocycles. The van der Waals surface area contributed by atoms with Gasteiger partial charge in [-0.15, -0.1) is 0 Å². The largest absolute Gasteiger partial charge is 0.487 e. The van der Waals surface area contributed by atoms with Crippen molar-refractivity contribution in [2.75, 3.05) is 25.9 Å². The predicted octanol–water partition coefficient (Wildman–Crippen LogP) is 1.39. The van der Waals surface area contributed by atoms with Gasteiger partial charge in [0.1, 0.15) is 11.9 Å². The molecule has 0 aliphatic carbocycles. The van der Waals surface area contributed by atoms with E-state index in [1.165, 1.54) is 0 Å². The van der Waals surface area contributed by atoms with Crippen LogP contribution in [0.1, 0.15) is 19.8 Å². The first-order chi connectivity index (χ1) is 11.3. The van der Waals surface area contributed by atoms with Crippen molar-refractivity contribution in [2.45, 2.75) is 30.6 Å². The quantitative estimate of drug-likeness (QED) is 0.786. The highest BCUT2D eigenvalue weighted by molar-refractivity contribution is 7.92. The number of piperidine rings is 1. The maximum absolute atomic E-state index is 12.6. The molecule has 8 heteroatoms. The second kappa shape index (κ2) is 7.72. The van der Waals surface area contributed by atoms with E-state index in [2.05, 4.69) is 10.6 Å². The van der Waals surface area contributed by atoms with Crippen molar-refractivity contribution in [1.29, 1.82) is 0 Å². The van der Waals surface area contributed by atoms with Gasteiger partial charge >= 0.3 is 0 Å². The van der Waals surface area contributed by atoms with E-state index >= 15 is 0 Å². The van der Waals surface area contributed by atoms with Gasteiger partial charge in [0.2, 0.25) is 5.91 Å². The number of halogens is 1. The SMILES string of the molecule is CC(CNC(=O)C1(S(C)(=O)=O)CCNCC1)Oc1ccccc1Cl. The number of para-hydroxylation sites is 1. The first-order valence-corrected chi connectivity index (χ1v) is 10.1. The van der Waals surface area contributed by atoms with Gasteiger partial charge in [-0.05, 0) is 45.0 Å². The van der Waals surface area contributed by atoms with Gasteiger partial charge in [-0.2, -0.15) is 0 Å². The summed E-state index contributed by atoms with van der Waals surface area (Å²) in [6.45, 7) is 3.01. The van der Waals surface area contributed by atoms with Gasteiger partial charge in [0.05, 0.1) is 11.6 Å². The number of hydrogen-bond acceptors (Lipinski definition) is 5. The second-order valence-electron chi connectivity index (χ2n) is 6.09. The number of hydrogen-bond donors (Lipinski definition) is 2. The summed E-state index contributed by atoms with van der Waals surface area (Å²) < 4.78 is 28.7. The van der Waals surface area contributed by atoms with Gasteiger partial charge in [-0.25, -0.2) is 8.42 Å². The normalized spacial score (nSPS) is 18.6. The highest BCUT2D eigenvalue weighted by atomic mass is 35.5. The molecule has 0 spiro atoms. The summed E-state index contributed by atoms with van der Waals surface area (Å²) >= 11 is 6.04. The second-order valence-corrected chi connectivity index (χ2v) is 8.82. The number of rotatable bonds is 6. The minimum Gasteiger partial charge on any atom is -0.487 e. The highest BCUT2D eigenvalue weighted by Crippen LogP contribution is 2.28. The summed E-state index contributed by atoms with van der Waals surface area (Å²) in [6.07, 6.45) is 1.34. The van der Waals surface area contributed by atoms with Crippen molar-refractivity contribution in [2.24, 2.45) is 0 Å². The van der Waals surface area contributed by atoms with Crippen LogP contribution < -0.4 is 15.4 Å². The molecule has 24 heavy (non-hydrogen) atoms. The third-order valence-electron chi connectivity index (χ3n) is 4.25. The lowest BCUT2D eigenvalue weighted by Crippen LogP contribution is -2.58. The van der Waals surface area contributed by atoms with Gasteiger partial charge < -0.3 is 15.4 Å². The molecule has 1 amide bonds. The van der Waals surface area contributed by atoms with Crippen molar-refractivity contribution in [3.8, 4) is 5.75 Å². The van der Waals surface area contributed by atoms with Crippen molar-refractivity contribution in [1.82, 2.24) is 10.6 Å². The topological polar surface area (TPSA) is 84.5 Å². The van der Waals surface area contributed by atoms with Gasteiger partial charge in [0.25, 0.3) is 0 Å². The number of sulfone groups is 1. The zero-order chi connectivity index (χ0) is 17.8. The molecule has 2 rings (SSSR count). The molecule has 1 aromatic carbocycles. The lowest BCUT2D eigenvalue weighted by Gasteiger charge is -2.34. The number of nitrogens with one attached hydrogen (secondary N) is 2. The lowest BCUT2D eigenvalue weighted by atomic mass is 9.96. The molecule has 1 fully saturated rings. The smallest absolute Gasteiger partial charge is 0.241 e. The Labute approximate surface area is 147 Å². The summed E-state index contributed by atoms with van der Waals surface area (Å²) in [6, 6.07) is 7.07. The number of carbonyl (C=O) groups is 1. The highest BCUT2D eigenvalue weighted by Gasteiger charge is 2.48. The fourth-order valence-corrected chi connectivity index (χ4v) is 4.33. The van der Waals surface area contributed by atoms with Crippen LogP contribution in [0, 0.1) is 0 Å². The van der Waals surface area contributed by atoms with E-state index in [0.29, 0.717) is 23.9 Å². The van der Waals surface area contributed by atoms with E-state index in [1.807, 2.05) is 0 Å². The fraction of sp³-hybridized carbons (Fsp3) is 0.562. The molecule has 0 bridgehead atoms. The Kier molecular flexibility index (Phi) is 6.11. The van der Waals surface area contributed by atoms with E-state index in [1.54, 1.807) is 31.2 Å². The number of benzene rings is 1. The third-order valence-corrected chi connectivity index (χ3v) is 6.58. The molecule has 1 unspecified atom stereocenters. The monoisotopic (exact) mass is 374 g/mol. The van der Waals surface area contributed by atoms with Crippen LogP contribution in [0.4, 0.5) is 0 Å². The summed E-state index contributed by atoms with van der Waals surface area (Å²) in [7, 11) is -3.51. The molecule has 0 saturated carbocycles. The zero-order valence-corrected chi connectivity index (χ0v) is 15.4. The molecule has 1 atom stereocenters. The summed E-state index contributed by atoms with van der Waals surface area (Å²) in [5.74, 6) is 0.0710. The summed E-state index contributed by atoms with van der Waals surface area (Å²) in [5.41, 5.74) is 0. The molecule has 0 aromatic heterocycles. The average Bonchev–Trinajstić information content (AvgIpc) is 2.54. The average molecular weight is 375 g/mol. The van der Waals surface area contributed by atoms with Crippen LogP contribution in [0.3, 0.4) is 0 Å². The molecule has 2 N–H and O–H groups in total. The van der Waals surface area contributed by atoms with Gasteiger partial charge in [-0.3, -0.25) is 4.79 Å². The van der Waals surface area contributed by atoms with Crippen molar-refractivity contribution < 1.29 is 17.9 Å². The van der Waals surface area contributed by atoms with Crippen LogP contribution in [0.25, 0.3) is 0 Å². The zero-order valence-electron chi connectivity index (χ0n) is 13.8. The Morgan fingerprint density at radius 3 is 2.58 bits per heavy atom. The molecule has 1 aromatic rings. The van der Waals surface area contributed by atoms with E-state index in [-0.39, 0.29) is 25.5 Å². The third kappa shape index (κ3) is 4.20. The van der Waals surface area contributed by atoms with Crippen LogP contribution >= 0.6 is 11.6 Å². The molecule has 6 nitrogen and oxygen atoms in total. The summed E-state index contributed by atoms with van der Waals surface area (Å²) in [5, 5.41) is 6.30. The van der Waals surface area contributed by atoms with Crippen LogP contribution in [0.5, 0.6) is 5.75 Å². The minimum absolute atomic E-state index is 0.203. The molecule has 1 saturated heterocycles. The Hall–Kier alpha value is -1.31. The molecular formula is C16H23ClN2O4S. The summed E-state index contributed by atoms with van der Waals surface area (Å²) in [4.78, 5) is 12.6. The van der Waals surface area contributed by atoms with Crippen molar-refractivity contribution in [3.63, 3.8) is 0 Å². The van der Waals surface area contributed by atoms with Crippen LogP contribution in [-0.4, -0.2) is 51.1 Å². The molecule has 134 valence electrons. The van der Waals surface area contributed by atoms with Crippen molar-refractivity contribution in [3.05, 3.63) is 29.3 Å². The van der Waals surface area contributed by atoms with Crippen LogP contribution in [-0.2, 0) is 14.6 Å². The molecule has 1 aliphatic heterocycles. The standard InChI is InChI=1S/C16H23ClN2O4S/c1-12(23-14-6-4-3-5-13(14)17)11-19-15(20)16(24(2,21)22)7-9-18-10-8-16/h3-6,12,18H,7-11H2,1-2H3,(H,19,20). The number of ether oxygens (including phenoxy) is 1. The molecule has 1 aliphatic rings. The minimum atomic E-state index is -3.51. The number of amides is 1. The van der Waals surface area contributed by atoms with Gasteiger partial charge in [-0.1, -0.05) is 23.7 Å². The first kappa shape index (κ1) is 19.0. The van der Waals surface area contributed by atoms with E-state index in [4.69, 9.17) is 16.3 Å². The fourth-order valence-electron chi connectivity index (χ4n) is 2.79. The maximum Gasteiger partial charge on any atom is 0.241 e. The first-order valence-electron chi connectivity index (χ1n) is 7.86. The molecule has 0 radical (unpaired) electrons. The van der Waals surface area contributed by atoms with Gasteiger partial charge in [0, 0.05) is 6.26 Å². The van der Waals surface area contributed by atoms with Crippen molar-refractivity contribution >= 4 is 27.3 Å². The van der Waals surface area contributed by atoms with Crippen LogP contribution in [0.15, 0.2) is 24.3 Å². The Bertz CT molecular complexity index is 687. The molecular weight excluding hydrogens is 352 g/mol. The van der Waals surface area contributed by atoms with Crippen LogP contribution in [0.2, 0.25) is 5.02 Å².